The Kier molecular flexibility index (Phi) is 5.30. The first-order chi connectivity index (χ1) is 11.2. The standard InChI is InChI=1S/C17H26N4OS/c1-3-10-20(12-13-8-6-5-7-9-13)17-19-21-15(22)11-14(4-2)18-16(21)23-17/h11,13H,3-10,12H2,1-2H3. The molecule has 5 nitrogen and oxygen atoms in total. The van der Waals surface area contributed by atoms with Crippen LogP contribution in [0.15, 0.2) is 10.9 Å². The van der Waals surface area contributed by atoms with Crippen molar-refractivity contribution < 1.29 is 0 Å². The Morgan fingerprint density at radius 2 is 2.09 bits per heavy atom. The van der Waals surface area contributed by atoms with Crippen molar-refractivity contribution in [2.45, 2.75) is 58.8 Å². The quantitative estimate of drug-likeness (QED) is 0.811. The van der Waals surface area contributed by atoms with Gasteiger partial charge in [-0.1, -0.05) is 44.4 Å². The number of hydrogen-bond donors (Lipinski definition) is 0. The van der Waals surface area contributed by atoms with Gasteiger partial charge in [-0.15, -0.1) is 5.10 Å². The van der Waals surface area contributed by atoms with Gasteiger partial charge < -0.3 is 4.90 Å². The Morgan fingerprint density at radius 1 is 1.30 bits per heavy atom. The van der Waals surface area contributed by atoms with Gasteiger partial charge in [0, 0.05) is 24.8 Å². The number of rotatable bonds is 6. The summed E-state index contributed by atoms with van der Waals surface area (Å²) in [5.74, 6) is 0.762. The zero-order valence-electron chi connectivity index (χ0n) is 14.1. The normalized spacial score (nSPS) is 16.1. The summed E-state index contributed by atoms with van der Waals surface area (Å²) in [6, 6.07) is 1.60. The molecule has 0 atom stereocenters. The second-order valence-corrected chi connectivity index (χ2v) is 7.40. The molecule has 2 heterocycles. The molecule has 1 aliphatic carbocycles. The van der Waals surface area contributed by atoms with Crippen LogP contribution in [0.25, 0.3) is 4.96 Å². The van der Waals surface area contributed by atoms with Gasteiger partial charge in [0.25, 0.3) is 5.56 Å². The van der Waals surface area contributed by atoms with Crippen molar-refractivity contribution in [3.8, 4) is 0 Å². The molecule has 0 bridgehead atoms. The van der Waals surface area contributed by atoms with Crippen LogP contribution in [-0.4, -0.2) is 27.7 Å². The van der Waals surface area contributed by atoms with E-state index >= 15 is 0 Å². The molecule has 0 amide bonds. The van der Waals surface area contributed by atoms with Gasteiger partial charge in [0.2, 0.25) is 10.1 Å². The molecule has 2 aromatic heterocycles. The maximum atomic E-state index is 12.2. The highest BCUT2D eigenvalue weighted by Crippen LogP contribution is 2.28. The van der Waals surface area contributed by atoms with E-state index in [2.05, 4.69) is 21.9 Å². The van der Waals surface area contributed by atoms with Gasteiger partial charge in [-0.25, -0.2) is 4.98 Å². The maximum absolute atomic E-state index is 12.2. The minimum Gasteiger partial charge on any atom is -0.346 e. The lowest BCUT2D eigenvalue weighted by Gasteiger charge is -2.29. The predicted molar refractivity (Wildman–Crippen MR) is 95.6 cm³/mol. The van der Waals surface area contributed by atoms with Crippen LogP contribution in [0.5, 0.6) is 0 Å². The van der Waals surface area contributed by atoms with Crippen molar-refractivity contribution in [3.63, 3.8) is 0 Å². The lowest BCUT2D eigenvalue weighted by atomic mass is 9.89. The van der Waals surface area contributed by atoms with Crippen molar-refractivity contribution in [2.24, 2.45) is 5.92 Å². The van der Waals surface area contributed by atoms with Crippen molar-refractivity contribution >= 4 is 21.4 Å². The van der Waals surface area contributed by atoms with Crippen LogP contribution in [0.1, 0.15) is 58.1 Å². The molecule has 3 rings (SSSR count). The predicted octanol–water partition coefficient (Wildman–Crippen LogP) is 3.51. The molecule has 2 aromatic rings. The Hall–Kier alpha value is -1.43. The van der Waals surface area contributed by atoms with Gasteiger partial charge in [0.15, 0.2) is 0 Å². The lowest BCUT2D eigenvalue weighted by Crippen LogP contribution is -2.31. The molecular weight excluding hydrogens is 308 g/mol. The fraction of sp³-hybridized carbons (Fsp3) is 0.706. The second-order valence-electron chi connectivity index (χ2n) is 6.47. The summed E-state index contributed by atoms with van der Waals surface area (Å²) in [7, 11) is 0. The second kappa shape index (κ2) is 7.43. The highest BCUT2D eigenvalue weighted by Gasteiger charge is 2.20. The van der Waals surface area contributed by atoms with Crippen LogP contribution < -0.4 is 10.5 Å². The zero-order chi connectivity index (χ0) is 16.2. The van der Waals surface area contributed by atoms with Gasteiger partial charge in [-0.05, 0) is 31.6 Å². The molecule has 1 fully saturated rings. The number of aromatic nitrogens is 3. The first-order valence-corrected chi connectivity index (χ1v) is 9.67. The molecule has 23 heavy (non-hydrogen) atoms. The van der Waals surface area contributed by atoms with Crippen molar-refractivity contribution in [1.82, 2.24) is 14.6 Å². The molecule has 0 aromatic carbocycles. The van der Waals surface area contributed by atoms with Crippen LogP contribution in [0.3, 0.4) is 0 Å². The van der Waals surface area contributed by atoms with Crippen molar-refractivity contribution in [2.75, 3.05) is 18.0 Å². The monoisotopic (exact) mass is 334 g/mol. The van der Waals surface area contributed by atoms with E-state index in [1.54, 1.807) is 17.4 Å². The summed E-state index contributed by atoms with van der Waals surface area (Å²) in [5, 5.41) is 5.50. The SMILES string of the molecule is CCCN(CC1CCCCC1)c1nn2c(=O)cc(CC)nc2s1. The van der Waals surface area contributed by atoms with Gasteiger partial charge in [0.1, 0.15) is 0 Å². The Balaban J connectivity index is 1.87. The van der Waals surface area contributed by atoms with E-state index < -0.39 is 0 Å². The number of nitrogens with zero attached hydrogens (tertiary/aromatic N) is 4. The summed E-state index contributed by atoms with van der Waals surface area (Å²) in [5.41, 5.74) is 0.781. The van der Waals surface area contributed by atoms with E-state index in [-0.39, 0.29) is 5.56 Å². The third-order valence-electron chi connectivity index (χ3n) is 4.62. The van der Waals surface area contributed by atoms with E-state index in [1.165, 1.54) is 36.6 Å². The maximum Gasteiger partial charge on any atom is 0.275 e. The molecule has 6 heteroatoms. The summed E-state index contributed by atoms with van der Waals surface area (Å²) >= 11 is 1.54. The number of anilines is 1. The molecule has 0 spiro atoms. The van der Waals surface area contributed by atoms with Gasteiger partial charge in [-0.2, -0.15) is 4.52 Å². The lowest BCUT2D eigenvalue weighted by molar-refractivity contribution is 0.357. The van der Waals surface area contributed by atoms with Crippen molar-refractivity contribution in [1.29, 1.82) is 0 Å². The molecule has 0 N–H and O–H groups in total. The first-order valence-electron chi connectivity index (χ1n) is 8.86. The minimum absolute atomic E-state index is 0.0662. The molecular formula is C17H26N4OS. The average molecular weight is 334 g/mol. The molecule has 0 aliphatic heterocycles. The number of fused-ring (bicyclic) bond motifs is 1. The van der Waals surface area contributed by atoms with Crippen LogP contribution in [0.4, 0.5) is 5.13 Å². The van der Waals surface area contributed by atoms with Gasteiger partial charge >= 0.3 is 0 Å². The van der Waals surface area contributed by atoms with Gasteiger partial charge in [-0.3, -0.25) is 4.79 Å². The van der Waals surface area contributed by atoms with Crippen molar-refractivity contribution in [3.05, 3.63) is 22.1 Å². The number of aryl methyl sites for hydroxylation is 1. The topological polar surface area (TPSA) is 50.5 Å². The summed E-state index contributed by atoms with van der Waals surface area (Å²) < 4.78 is 1.46. The third-order valence-corrected chi connectivity index (χ3v) is 5.59. The van der Waals surface area contributed by atoms with E-state index in [4.69, 9.17) is 0 Å². The molecule has 126 valence electrons. The zero-order valence-corrected chi connectivity index (χ0v) is 14.9. The van der Waals surface area contributed by atoms with Crippen LogP contribution in [-0.2, 0) is 6.42 Å². The largest absolute Gasteiger partial charge is 0.346 e. The summed E-state index contributed by atoms with van der Waals surface area (Å²) in [4.78, 5) is 19.8. The van der Waals surface area contributed by atoms with E-state index in [1.807, 2.05) is 6.92 Å². The molecule has 0 saturated heterocycles. The summed E-state index contributed by atoms with van der Waals surface area (Å²) in [6.45, 7) is 6.27. The van der Waals surface area contributed by atoms with Gasteiger partial charge in [0.05, 0.1) is 0 Å². The Bertz CT molecular complexity index is 702. The Labute approximate surface area is 141 Å². The summed E-state index contributed by atoms with van der Waals surface area (Å²) in [6.07, 6.45) is 8.60. The van der Waals surface area contributed by atoms with Crippen LogP contribution in [0.2, 0.25) is 0 Å². The van der Waals surface area contributed by atoms with Crippen LogP contribution in [0, 0.1) is 5.92 Å². The fourth-order valence-electron chi connectivity index (χ4n) is 3.37. The first kappa shape index (κ1) is 16.4. The molecule has 1 saturated carbocycles. The minimum atomic E-state index is -0.0662. The molecule has 0 radical (unpaired) electrons. The molecule has 0 unspecified atom stereocenters. The van der Waals surface area contributed by atoms with E-state index in [9.17, 15) is 4.79 Å². The van der Waals surface area contributed by atoms with E-state index in [0.29, 0.717) is 4.96 Å². The highest BCUT2D eigenvalue weighted by atomic mass is 32.1. The third kappa shape index (κ3) is 3.74. The number of hydrogen-bond acceptors (Lipinski definition) is 5. The smallest absolute Gasteiger partial charge is 0.275 e. The molecule has 1 aliphatic rings. The van der Waals surface area contributed by atoms with E-state index in [0.717, 1.165) is 42.7 Å². The highest BCUT2D eigenvalue weighted by molar-refractivity contribution is 7.20. The van der Waals surface area contributed by atoms with Crippen LogP contribution >= 0.6 is 11.3 Å². The average Bonchev–Trinajstić information content (AvgIpc) is 3.00. The Morgan fingerprint density at radius 3 is 2.78 bits per heavy atom. The fourth-order valence-corrected chi connectivity index (χ4v) is 4.33.